The summed E-state index contributed by atoms with van der Waals surface area (Å²) in [6, 6.07) is 3.27. The first-order valence-electron chi connectivity index (χ1n) is 8.14. The van der Waals surface area contributed by atoms with Crippen molar-refractivity contribution in [3.63, 3.8) is 0 Å². The second-order valence-electron chi connectivity index (χ2n) is 5.58. The van der Waals surface area contributed by atoms with Crippen molar-refractivity contribution in [3.8, 4) is 11.5 Å². The van der Waals surface area contributed by atoms with E-state index in [1.165, 1.54) is 39.9 Å². The minimum atomic E-state index is -0.214. The highest BCUT2D eigenvalue weighted by molar-refractivity contribution is 9.10. The first kappa shape index (κ1) is 20.3. The van der Waals surface area contributed by atoms with Gasteiger partial charge in [0.2, 0.25) is 0 Å². The fraction of sp³-hybridized carbons (Fsp3) is 0.611. The number of carbonyl (C=O) groups is 1. The van der Waals surface area contributed by atoms with Crippen molar-refractivity contribution in [1.82, 2.24) is 0 Å². The van der Waals surface area contributed by atoms with Crippen molar-refractivity contribution < 1.29 is 14.3 Å². The van der Waals surface area contributed by atoms with E-state index >= 15 is 0 Å². The minimum absolute atomic E-state index is 0.00498. The van der Waals surface area contributed by atoms with Gasteiger partial charge in [-0.1, -0.05) is 73.0 Å². The monoisotopic (exact) mass is 404 g/mol. The molecule has 0 aliphatic heterocycles. The van der Waals surface area contributed by atoms with Gasteiger partial charge in [0, 0.05) is 6.07 Å². The number of ketones is 1. The van der Waals surface area contributed by atoms with Crippen LogP contribution in [0, 0.1) is 0 Å². The van der Waals surface area contributed by atoms with Crippen LogP contribution in [-0.2, 0) is 0 Å². The summed E-state index contributed by atoms with van der Waals surface area (Å²) in [7, 11) is 3.07. The zero-order valence-electron chi connectivity index (χ0n) is 14.2. The Kier molecular flexibility index (Phi) is 9.65. The van der Waals surface area contributed by atoms with Gasteiger partial charge in [-0.05, 0) is 12.5 Å². The molecule has 0 heterocycles. The van der Waals surface area contributed by atoms with E-state index in [-0.39, 0.29) is 10.6 Å². The molecule has 0 amide bonds. The molecule has 1 rings (SSSR count). The molecule has 0 bridgehead atoms. The van der Waals surface area contributed by atoms with Crippen molar-refractivity contribution in [2.24, 2.45) is 0 Å². The molecule has 1 aromatic carbocycles. The number of alkyl halides is 1. The van der Waals surface area contributed by atoms with Crippen molar-refractivity contribution >= 4 is 33.3 Å². The lowest BCUT2D eigenvalue weighted by Gasteiger charge is -2.14. The van der Waals surface area contributed by atoms with Crippen LogP contribution < -0.4 is 9.47 Å². The van der Waals surface area contributed by atoms with E-state index in [0.717, 1.165) is 19.3 Å². The molecule has 1 aromatic rings. The molecule has 3 nitrogen and oxygen atoms in total. The molecule has 0 aliphatic carbocycles. The van der Waals surface area contributed by atoms with Gasteiger partial charge in [0.15, 0.2) is 5.78 Å². The lowest BCUT2D eigenvalue weighted by atomic mass is 10.0. The van der Waals surface area contributed by atoms with E-state index in [0.29, 0.717) is 22.1 Å². The summed E-state index contributed by atoms with van der Waals surface area (Å²) in [6.45, 7) is 2.21. The van der Waals surface area contributed by atoms with Crippen LogP contribution in [0.1, 0.15) is 62.2 Å². The maximum atomic E-state index is 12.6. The highest BCUT2D eigenvalue weighted by Crippen LogP contribution is 2.34. The second-order valence-corrected chi connectivity index (χ2v) is 7.09. The molecule has 0 radical (unpaired) electrons. The van der Waals surface area contributed by atoms with Gasteiger partial charge < -0.3 is 9.47 Å². The highest BCUT2D eigenvalue weighted by Gasteiger charge is 2.22. The Hall–Kier alpha value is -0.740. The van der Waals surface area contributed by atoms with E-state index in [4.69, 9.17) is 21.1 Å². The third kappa shape index (κ3) is 6.34. The van der Waals surface area contributed by atoms with E-state index < -0.39 is 0 Å². The van der Waals surface area contributed by atoms with Crippen LogP contribution in [0.5, 0.6) is 11.5 Å². The Bertz CT molecular complexity index is 505. The third-order valence-electron chi connectivity index (χ3n) is 3.84. The van der Waals surface area contributed by atoms with Gasteiger partial charge in [0.1, 0.15) is 11.5 Å². The van der Waals surface area contributed by atoms with E-state index in [1.807, 2.05) is 0 Å². The van der Waals surface area contributed by atoms with Crippen LogP contribution in [0.3, 0.4) is 0 Å². The number of hydrogen-bond acceptors (Lipinski definition) is 3. The molecule has 0 aromatic heterocycles. The van der Waals surface area contributed by atoms with Gasteiger partial charge in [-0.25, -0.2) is 0 Å². The van der Waals surface area contributed by atoms with Gasteiger partial charge in [0.05, 0.1) is 29.6 Å². The first-order chi connectivity index (χ1) is 11.0. The number of benzene rings is 1. The van der Waals surface area contributed by atoms with Crippen molar-refractivity contribution in [2.75, 3.05) is 14.2 Å². The van der Waals surface area contributed by atoms with Gasteiger partial charge >= 0.3 is 0 Å². The Labute approximate surface area is 152 Å². The van der Waals surface area contributed by atoms with Crippen LogP contribution in [-0.4, -0.2) is 24.8 Å². The first-order valence-corrected chi connectivity index (χ1v) is 9.44. The molecule has 0 saturated heterocycles. The van der Waals surface area contributed by atoms with E-state index in [1.54, 1.807) is 12.1 Å². The van der Waals surface area contributed by atoms with Gasteiger partial charge in [-0.2, -0.15) is 0 Å². The summed E-state index contributed by atoms with van der Waals surface area (Å²) >= 11 is 9.59. The van der Waals surface area contributed by atoms with Crippen LogP contribution in [0.25, 0.3) is 0 Å². The number of ether oxygens (including phenoxy) is 2. The molecule has 130 valence electrons. The Balaban J connectivity index is 2.65. The molecular weight excluding hydrogens is 380 g/mol. The molecule has 0 spiro atoms. The quantitative estimate of drug-likeness (QED) is 0.255. The zero-order chi connectivity index (χ0) is 17.2. The predicted molar refractivity (Wildman–Crippen MR) is 99.6 cm³/mol. The number of hydrogen-bond donors (Lipinski definition) is 0. The fourth-order valence-electron chi connectivity index (χ4n) is 2.46. The average Bonchev–Trinajstić information content (AvgIpc) is 2.56. The van der Waals surface area contributed by atoms with Crippen LogP contribution in [0.15, 0.2) is 12.1 Å². The smallest absolute Gasteiger partial charge is 0.180 e. The van der Waals surface area contributed by atoms with Crippen molar-refractivity contribution in [1.29, 1.82) is 0 Å². The summed E-state index contributed by atoms with van der Waals surface area (Å²) in [5.74, 6) is 0.966. The van der Waals surface area contributed by atoms with Gasteiger partial charge in [0.25, 0.3) is 0 Å². The van der Waals surface area contributed by atoms with E-state index in [2.05, 4.69) is 22.9 Å². The molecule has 0 N–H and O–H groups in total. The number of unbranched alkanes of at least 4 members (excludes halogenated alkanes) is 5. The Morgan fingerprint density at radius 3 is 2.30 bits per heavy atom. The van der Waals surface area contributed by atoms with Crippen LogP contribution >= 0.6 is 27.5 Å². The molecular formula is C18H26BrClO3. The summed E-state index contributed by atoms with van der Waals surface area (Å²) in [5, 5.41) is 0.433. The predicted octanol–water partition coefficient (Wildman–Crippen LogP) is 6.05. The number of methoxy groups -OCH3 is 2. The Morgan fingerprint density at radius 1 is 1.09 bits per heavy atom. The van der Waals surface area contributed by atoms with E-state index in [9.17, 15) is 4.79 Å². The maximum Gasteiger partial charge on any atom is 0.180 e. The number of carbonyl (C=O) groups excluding carboxylic acids is 1. The topological polar surface area (TPSA) is 35.5 Å². The summed E-state index contributed by atoms with van der Waals surface area (Å²) in [6.07, 6.45) is 8.07. The van der Waals surface area contributed by atoms with Crippen molar-refractivity contribution in [3.05, 3.63) is 22.7 Å². The summed E-state index contributed by atoms with van der Waals surface area (Å²) < 4.78 is 10.5. The normalized spacial score (nSPS) is 12.0. The fourth-order valence-corrected chi connectivity index (χ4v) is 3.26. The summed E-state index contributed by atoms with van der Waals surface area (Å²) in [5.41, 5.74) is 0.501. The SMILES string of the molecule is CCCCCCCCC(Br)C(=O)c1cc(OC)c(Cl)cc1OC. The third-order valence-corrected chi connectivity index (χ3v) is 5.00. The average molecular weight is 406 g/mol. The van der Waals surface area contributed by atoms with Crippen LogP contribution in [0.2, 0.25) is 5.02 Å². The Morgan fingerprint density at radius 2 is 1.70 bits per heavy atom. The molecule has 1 unspecified atom stereocenters. The number of rotatable bonds is 11. The standard InChI is InChI=1S/C18H26BrClO3/c1-4-5-6-7-8-9-10-14(19)18(21)13-11-17(23-3)15(20)12-16(13)22-2/h11-12,14H,4-10H2,1-3H3. The lowest BCUT2D eigenvalue weighted by Crippen LogP contribution is -2.15. The highest BCUT2D eigenvalue weighted by atomic mass is 79.9. The summed E-state index contributed by atoms with van der Waals surface area (Å²) in [4.78, 5) is 12.4. The largest absolute Gasteiger partial charge is 0.496 e. The zero-order valence-corrected chi connectivity index (χ0v) is 16.5. The number of halogens is 2. The molecule has 5 heteroatoms. The number of Topliss-reactive ketones (excluding diaryl/α,β-unsaturated/α-hetero) is 1. The molecule has 0 fully saturated rings. The molecule has 0 aliphatic rings. The minimum Gasteiger partial charge on any atom is -0.496 e. The van der Waals surface area contributed by atoms with Crippen LogP contribution in [0.4, 0.5) is 0 Å². The molecule has 1 atom stereocenters. The lowest BCUT2D eigenvalue weighted by molar-refractivity contribution is 0.0984. The van der Waals surface area contributed by atoms with Gasteiger partial charge in [-0.15, -0.1) is 0 Å². The van der Waals surface area contributed by atoms with Gasteiger partial charge in [-0.3, -0.25) is 4.79 Å². The maximum absolute atomic E-state index is 12.6. The molecule has 23 heavy (non-hydrogen) atoms. The van der Waals surface area contributed by atoms with Crippen molar-refractivity contribution in [2.45, 2.75) is 56.7 Å². The molecule has 0 saturated carbocycles. The second kappa shape index (κ2) is 10.9.